The molecule has 2 aromatic heterocycles. The van der Waals surface area contributed by atoms with Crippen LogP contribution in [0.1, 0.15) is 15.9 Å². The van der Waals surface area contributed by atoms with E-state index in [-0.39, 0.29) is 11.3 Å². The first-order valence-electron chi connectivity index (χ1n) is 8.77. The van der Waals surface area contributed by atoms with Crippen LogP contribution >= 0.6 is 0 Å². The number of nitrogens with one attached hydrogen (secondary N) is 1. The highest BCUT2D eigenvalue weighted by atomic mass is 16.6. The lowest BCUT2D eigenvalue weighted by Crippen LogP contribution is -2.16. The molecule has 0 aliphatic carbocycles. The summed E-state index contributed by atoms with van der Waals surface area (Å²) in [6, 6.07) is 17.0. The first-order chi connectivity index (χ1) is 14.0. The monoisotopic (exact) mass is 388 g/mol. The van der Waals surface area contributed by atoms with Gasteiger partial charge in [-0.1, -0.05) is 24.3 Å². The largest absolute Gasteiger partial charge is 0.472 e. The minimum absolute atomic E-state index is 0.142. The van der Waals surface area contributed by atoms with Crippen molar-refractivity contribution in [2.75, 3.05) is 5.32 Å². The van der Waals surface area contributed by atoms with E-state index in [0.717, 1.165) is 11.3 Å². The van der Waals surface area contributed by atoms with E-state index in [4.69, 9.17) is 4.42 Å². The zero-order chi connectivity index (χ0) is 20.4. The van der Waals surface area contributed by atoms with Crippen molar-refractivity contribution in [3.8, 4) is 16.9 Å². The second-order valence-electron chi connectivity index (χ2n) is 6.38. The van der Waals surface area contributed by atoms with Crippen LogP contribution in [-0.2, 0) is 0 Å². The van der Waals surface area contributed by atoms with Gasteiger partial charge in [-0.3, -0.25) is 14.9 Å². The second-order valence-corrected chi connectivity index (χ2v) is 6.38. The lowest BCUT2D eigenvalue weighted by molar-refractivity contribution is -0.384. The Hall–Kier alpha value is -4.20. The normalized spacial score (nSPS) is 10.7. The van der Waals surface area contributed by atoms with Gasteiger partial charge in [-0.15, -0.1) is 0 Å². The van der Waals surface area contributed by atoms with E-state index >= 15 is 0 Å². The molecule has 0 aliphatic heterocycles. The van der Waals surface area contributed by atoms with Crippen LogP contribution in [0.2, 0.25) is 0 Å². The van der Waals surface area contributed by atoms with E-state index in [1.54, 1.807) is 42.3 Å². The van der Waals surface area contributed by atoms with E-state index in [9.17, 15) is 14.9 Å². The number of nitro groups is 1. The quantitative estimate of drug-likeness (QED) is 0.397. The van der Waals surface area contributed by atoms with Crippen molar-refractivity contribution in [2.24, 2.45) is 0 Å². The van der Waals surface area contributed by atoms with Crippen LogP contribution < -0.4 is 5.32 Å². The Labute approximate surface area is 165 Å². The van der Waals surface area contributed by atoms with Crippen LogP contribution in [0.3, 0.4) is 0 Å². The standard InChI is InChI=1S/C21H16N4O4/c1-14-7-8-17(25(27)28)11-18(14)21(26)22-20-12-19(15-9-10-29-13-15)23-24(20)16-5-3-2-4-6-16/h2-13H,1H3,(H,22,26). The van der Waals surface area contributed by atoms with E-state index in [1.165, 1.54) is 12.1 Å². The molecule has 8 heteroatoms. The van der Waals surface area contributed by atoms with E-state index < -0.39 is 10.8 Å². The van der Waals surface area contributed by atoms with Gasteiger partial charge in [0.25, 0.3) is 11.6 Å². The van der Waals surface area contributed by atoms with E-state index in [2.05, 4.69) is 10.4 Å². The molecule has 1 N–H and O–H groups in total. The summed E-state index contributed by atoms with van der Waals surface area (Å²) in [6.07, 6.45) is 3.11. The summed E-state index contributed by atoms with van der Waals surface area (Å²) in [5.74, 6) is -0.0228. The Morgan fingerprint density at radius 3 is 2.62 bits per heavy atom. The molecule has 8 nitrogen and oxygen atoms in total. The zero-order valence-electron chi connectivity index (χ0n) is 15.4. The predicted molar refractivity (Wildman–Crippen MR) is 107 cm³/mol. The van der Waals surface area contributed by atoms with Crippen LogP contribution in [0.15, 0.2) is 77.6 Å². The van der Waals surface area contributed by atoms with Crippen molar-refractivity contribution in [1.29, 1.82) is 0 Å². The van der Waals surface area contributed by atoms with Gasteiger partial charge in [0.15, 0.2) is 0 Å². The number of amides is 1. The van der Waals surface area contributed by atoms with Gasteiger partial charge < -0.3 is 9.73 Å². The highest BCUT2D eigenvalue weighted by molar-refractivity contribution is 6.05. The molecule has 2 aromatic carbocycles. The molecule has 0 atom stereocenters. The molecule has 0 unspecified atom stereocenters. The summed E-state index contributed by atoms with van der Waals surface area (Å²) in [5.41, 5.74) is 2.86. The van der Waals surface area contributed by atoms with Crippen LogP contribution in [0, 0.1) is 17.0 Å². The Morgan fingerprint density at radius 1 is 1.14 bits per heavy atom. The minimum Gasteiger partial charge on any atom is -0.472 e. The summed E-state index contributed by atoms with van der Waals surface area (Å²) < 4.78 is 6.73. The summed E-state index contributed by atoms with van der Waals surface area (Å²) in [6.45, 7) is 1.73. The number of hydrogen-bond acceptors (Lipinski definition) is 5. The smallest absolute Gasteiger partial charge is 0.270 e. The molecule has 4 rings (SSSR count). The molecule has 0 bridgehead atoms. The third kappa shape index (κ3) is 3.63. The molecule has 0 radical (unpaired) electrons. The molecule has 0 fully saturated rings. The number of anilines is 1. The van der Waals surface area contributed by atoms with Crippen molar-refractivity contribution >= 4 is 17.4 Å². The zero-order valence-corrected chi connectivity index (χ0v) is 15.4. The van der Waals surface area contributed by atoms with Gasteiger partial charge in [0, 0.05) is 29.3 Å². The highest BCUT2D eigenvalue weighted by Crippen LogP contribution is 2.26. The number of carbonyl (C=O) groups is 1. The number of benzene rings is 2. The molecular weight excluding hydrogens is 372 g/mol. The fraction of sp³-hybridized carbons (Fsp3) is 0.0476. The number of aryl methyl sites for hydroxylation is 1. The molecule has 4 aromatic rings. The number of carbonyl (C=O) groups excluding carboxylic acids is 1. The molecule has 0 aliphatic rings. The number of furan rings is 1. The molecular formula is C21H16N4O4. The number of hydrogen-bond donors (Lipinski definition) is 1. The van der Waals surface area contributed by atoms with Crippen molar-refractivity contribution in [1.82, 2.24) is 9.78 Å². The van der Waals surface area contributed by atoms with E-state index in [0.29, 0.717) is 17.1 Å². The molecule has 1 amide bonds. The van der Waals surface area contributed by atoms with Crippen molar-refractivity contribution in [3.63, 3.8) is 0 Å². The van der Waals surface area contributed by atoms with Gasteiger partial charge in [0.2, 0.25) is 0 Å². The number of rotatable bonds is 5. The van der Waals surface area contributed by atoms with Crippen LogP contribution in [-0.4, -0.2) is 20.6 Å². The third-order valence-electron chi connectivity index (χ3n) is 4.45. The molecule has 144 valence electrons. The maximum atomic E-state index is 12.9. The maximum absolute atomic E-state index is 12.9. The number of aromatic nitrogens is 2. The van der Waals surface area contributed by atoms with Gasteiger partial charge in [0.1, 0.15) is 5.82 Å². The van der Waals surface area contributed by atoms with E-state index in [1.807, 2.05) is 30.3 Å². The molecule has 2 heterocycles. The molecule has 0 saturated carbocycles. The van der Waals surface area contributed by atoms with Gasteiger partial charge in [-0.05, 0) is 30.7 Å². The van der Waals surface area contributed by atoms with Gasteiger partial charge >= 0.3 is 0 Å². The van der Waals surface area contributed by atoms with Crippen molar-refractivity contribution in [3.05, 3.63) is 94.4 Å². The fourth-order valence-corrected chi connectivity index (χ4v) is 2.94. The average molecular weight is 388 g/mol. The number of nitrogens with zero attached hydrogens (tertiary/aromatic N) is 3. The predicted octanol–water partition coefficient (Wildman–Crippen LogP) is 4.60. The molecule has 0 spiro atoms. The summed E-state index contributed by atoms with van der Waals surface area (Å²) in [4.78, 5) is 23.4. The summed E-state index contributed by atoms with van der Waals surface area (Å²) in [7, 11) is 0. The van der Waals surface area contributed by atoms with Crippen LogP contribution in [0.25, 0.3) is 16.9 Å². The van der Waals surface area contributed by atoms with Crippen molar-refractivity contribution < 1.29 is 14.1 Å². The van der Waals surface area contributed by atoms with Gasteiger partial charge in [-0.25, -0.2) is 4.68 Å². The first-order valence-corrected chi connectivity index (χ1v) is 8.77. The number of non-ortho nitro benzene ring substituents is 1. The fourth-order valence-electron chi connectivity index (χ4n) is 2.94. The topological polar surface area (TPSA) is 103 Å². The Kier molecular flexibility index (Phi) is 4.66. The first kappa shape index (κ1) is 18.2. The Balaban J connectivity index is 1.74. The van der Waals surface area contributed by atoms with Gasteiger partial charge in [-0.2, -0.15) is 5.10 Å². The van der Waals surface area contributed by atoms with Gasteiger partial charge in [0.05, 0.1) is 28.8 Å². The summed E-state index contributed by atoms with van der Waals surface area (Å²) >= 11 is 0. The Morgan fingerprint density at radius 2 is 1.93 bits per heavy atom. The molecule has 29 heavy (non-hydrogen) atoms. The van der Waals surface area contributed by atoms with Crippen LogP contribution in [0.5, 0.6) is 0 Å². The Bertz CT molecular complexity index is 1180. The average Bonchev–Trinajstić information content (AvgIpc) is 3.38. The molecule has 0 saturated heterocycles. The van der Waals surface area contributed by atoms with Crippen molar-refractivity contribution in [2.45, 2.75) is 6.92 Å². The maximum Gasteiger partial charge on any atom is 0.270 e. The number of nitro benzene ring substituents is 1. The summed E-state index contributed by atoms with van der Waals surface area (Å²) in [5, 5.41) is 18.5. The lowest BCUT2D eigenvalue weighted by atomic mass is 10.1. The highest BCUT2D eigenvalue weighted by Gasteiger charge is 2.18. The second kappa shape index (κ2) is 7.43. The SMILES string of the molecule is Cc1ccc([N+](=O)[O-])cc1C(=O)Nc1cc(-c2ccoc2)nn1-c1ccccc1. The lowest BCUT2D eigenvalue weighted by Gasteiger charge is -2.10. The van der Waals surface area contributed by atoms with Crippen LogP contribution in [0.4, 0.5) is 11.5 Å². The third-order valence-corrected chi connectivity index (χ3v) is 4.45. The minimum atomic E-state index is -0.526. The number of para-hydroxylation sites is 1.